The Hall–Kier alpha value is -1.11. The number of hydrogen-bond donors (Lipinski definition) is 2. The maximum Gasteiger partial charge on any atom is 0.262 e. The normalized spacial score (nSPS) is 16.6. The monoisotopic (exact) mass is 345 g/mol. The van der Waals surface area contributed by atoms with Gasteiger partial charge in [-0.3, -0.25) is 9.59 Å². The highest BCUT2D eigenvalue weighted by Crippen LogP contribution is 2.12. The van der Waals surface area contributed by atoms with Gasteiger partial charge in [-0.15, -0.1) is 23.7 Å². The van der Waals surface area contributed by atoms with Crippen molar-refractivity contribution in [3.05, 3.63) is 22.4 Å². The first kappa shape index (κ1) is 18.9. The largest absolute Gasteiger partial charge is 0.340 e. The van der Waals surface area contributed by atoms with E-state index in [9.17, 15) is 9.59 Å². The van der Waals surface area contributed by atoms with Crippen LogP contribution in [0.2, 0.25) is 0 Å². The van der Waals surface area contributed by atoms with Gasteiger partial charge in [-0.1, -0.05) is 19.9 Å². The Bertz CT molecular complexity index is 471. The summed E-state index contributed by atoms with van der Waals surface area (Å²) in [6.45, 7) is 7.15. The number of amides is 2. The first-order valence-corrected chi connectivity index (χ1v) is 8.31. The third kappa shape index (κ3) is 4.97. The average molecular weight is 346 g/mol. The van der Waals surface area contributed by atoms with Gasteiger partial charge in [0, 0.05) is 19.6 Å². The second-order valence-corrected chi connectivity index (χ2v) is 6.55. The fraction of sp³-hybridized carbons (Fsp3) is 0.600. The Balaban J connectivity index is 0.00000242. The molecule has 0 aromatic carbocycles. The summed E-state index contributed by atoms with van der Waals surface area (Å²) in [4.78, 5) is 27.4. The minimum absolute atomic E-state index is 0. The molecule has 0 aliphatic carbocycles. The van der Waals surface area contributed by atoms with Crippen molar-refractivity contribution in [1.82, 2.24) is 15.5 Å². The van der Waals surface area contributed by atoms with Gasteiger partial charge in [0.15, 0.2) is 0 Å². The van der Waals surface area contributed by atoms with E-state index in [0.29, 0.717) is 11.4 Å². The Labute approximate surface area is 141 Å². The Morgan fingerprint density at radius 3 is 2.73 bits per heavy atom. The van der Waals surface area contributed by atoms with Gasteiger partial charge in [0.2, 0.25) is 5.91 Å². The van der Waals surface area contributed by atoms with Crippen LogP contribution in [0.4, 0.5) is 0 Å². The molecule has 1 aliphatic heterocycles. The minimum atomic E-state index is -0.460. The van der Waals surface area contributed by atoms with Crippen LogP contribution >= 0.6 is 23.7 Å². The van der Waals surface area contributed by atoms with Gasteiger partial charge in [-0.25, -0.2) is 0 Å². The summed E-state index contributed by atoms with van der Waals surface area (Å²) in [6, 6.07) is 3.15. The smallest absolute Gasteiger partial charge is 0.262 e. The molecular weight excluding hydrogens is 322 g/mol. The molecule has 0 saturated carbocycles. The van der Waals surface area contributed by atoms with Crippen LogP contribution in [0, 0.1) is 5.92 Å². The van der Waals surface area contributed by atoms with Crippen molar-refractivity contribution in [2.24, 2.45) is 5.92 Å². The van der Waals surface area contributed by atoms with Crippen LogP contribution in [0.1, 0.15) is 29.9 Å². The molecule has 0 spiro atoms. The SMILES string of the molecule is CC(C)C(NC(=O)c1cccs1)C(=O)N1CCCNCC1.Cl. The molecule has 2 amide bonds. The highest BCUT2D eigenvalue weighted by molar-refractivity contribution is 7.12. The standard InChI is InChI=1S/C15H23N3O2S.ClH/c1-11(2)13(17-14(19)12-5-3-10-21-12)15(20)18-8-4-6-16-7-9-18;/h3,5,10-11,13,16H,4,6-9H2,1-2H3,(H,17,19);1H. The molecule has 22 heavy (non-hydrogen) atoms. The van der Waals surface area contributed by atoms with Crippen LogP contribution in [0.15, 0.2) is 17.5 Å². The lowest BCUT2D eigenvalue weighted by atomic mass is 10.0. The van der Waals surface area contributed by atoms with Gasteiger partial charge in [0.1, 0.15) is 6.04 Å². The quantitative estimate of drug-likeness (QED) is 0.874. The number of hydrogen-bond acceptors (Lipinski definition) is 4. The van der Waals surface area contributed by atoms with Crippen LogP contribution in [0.3, 0.4) is 0 Å². The molecular formula is C15H24ClN3O2S. The van der Waals surface area contributed by atoms with Crippen LogP contribution < -0.4 is 10.6 Å². The third-order valence-corrected chi connectivity index (χ3v) is 4.48. The third-order valence-electron chi connectivity index (χ3n) is 3.62. The van der Waals surface area contributed by atoms with E-state index in [4.69, 9.17) is 0 Å². The summed E-state index contributed by atoms with van der Waals surface area (Å²) < 4.78 is 0. The molecule has 2 heterocycles. The summed E-state index contributed by atoms with van der Waals surface area (Å²) in [5, 5.41) is 8.04. The molecule has 0 radical (unpaired) electrons. The van der Waals surface area contributed by atoms with E-state index in [1.54, 1.807) is 6.07 Å². The van der Waals surface area contributed by atoms with Crippen molar-refractivity contribution < 1.29 is 9.59 Å². The molecule has 1 aromatic heterocycles. The molecule has 5 nitrogen and oxygen atoms in total. The van der Waals surface area contributed by atoms with Crippen LogP contribution in [0.5, 0.6) is 0 Å². The minimum Gasteiger partial charge on any atom is -0.340 e. The molecule has 1 aromatic rings. The zero-order valence-corrected chi connectivity index (χ0v) is 14.6. The summed E-state index contributed by atoms with van der Waals surface area (Å²) in [7, 11) is 0. The Morgan fingerprint density at radius 2 is 2.09 bits per heavy atom. The predicted octanol–water partition coefficient (Wildman–Crippen LogP) is 1.75. The Kier molecular flexibility index (Phi) is 7.85. The Morgan fingerprint density at radius 1 is 1.32 bits per heavy atom. The van der Waals surface area contributed by atoms with Crippen LogP contribution in [-0.2, 0) is 4.79 Å². The number of thiophene rings is 1. The zero-order valence-electron chi connectivity index (χ0n) is 13.0. The van der Waals surface area contributed by atoms with Crippen LogP contribution in [-0.4, -0.2) is 48.9 Å². The van der Waals surface area contributed by atoms with E-state index in [0.717, 1.165) is 26.1 Å². The van der Waals surface area contributed by atoms with Crippen molar-refractivity contribution in [3.63, 3.8) is 0 Å². The van der Waals surface area contributed by atoms with Gasteiger partial charge < -0.3 is 15.5 Å². The predicted molar refractivity (Wildman–Crippen MR) is 91.7 cm³/mol. The van der Waals surface area contributed by atoms with Crippen molar-refractivity contribution in [1.29, 1.82) is 0 Å². The van der Waals surface area contributed by atoms with E-state index in [1.807, 2.05) is 30.2 Å². The molecule has 1 fully saturated rings. The first-order valence-electron chi connectivity index (χ1n) is 7.43. The number of carbonyl (C=O) groups is 2. The maximum atomic E-state index is 12.7. The average Bonchev–Trinajstić information content (AvgIpc) is 2.86. The van der Waals surface area contributed by atoms with Gasteiger partial charge in [0.05, 0.1) is 4.88 Å². The van der Waals surface area contributed by atoms with Gasteiger partial charge in [-0.2, -0.15) is 0 Å². The fourth-order valence-corrected chi connectivity index (χ4v) is 3.02. The van der Waals surface area contributed by atoms with E-state index in [1.165, 1.54) is 11.3 Å². The van der Waals surface area contributed by atoms with E-state index in [2.05, 4.69) is 10.6 Å². The molecule has 2 rings (SSSR count). The number of rotatable bonds is 4. The number of nitrogens with zero attached hydrogens (tertiary/aromatic N) is 1. The molecule has 124 valence electrons. The number of nitrogens with one attached hydrogen (secondary N) is 2. The van der Waals surface area contributed by atoms with E-state index in [-0.39, 0.29) is 30.1 Å². The highest BCUT2D eigenvalue weighted by atomic mass is 35.5. The number of halogens is 1. The van der Waals surface area contributed by atoms with Crippen molar-refractivity contribution in [3.8, 4) is 0 Å². The lowest BCUT2D eigenvalue weighted by molar-refractivity contribution is -0.134. The van der Waals surface area contributed by atoms with Gasteiger partial charge in [0.25, 0.3) is 5.91 Å². The summed E-state index contributed by atoms with van der Waals surface area (Å²) in [5.41, 5.74) is 0. The molecule has 2 N–H and O–H groups in total. The van der Waals surface area contributed by atoms with Crippen molar-refractivity contribution in [2.45, 2.75) is 26.3 Å². The topological polar surface area (TPSA) is 61.4 Å². The number of carbonyl (C=O) groups excluding carboxylic acids is 2. The second-order valence-electron chi connectivity index (χ2n) is 5.60. The van der Waals surface area contributed by atoms with Gasteiger partial charge >= 0.3 is 0 Å². The highest BCUT2D eigenvalue weighted by Gasteiger charge is 2.29. The van der Waals surface area contributed by atoms with E-state index < -0.39 is 6.04 Å². The zero-order chi connectivity index (χ0) is 15.2. The van der Waals surface area contributed by atoms with E-state index >= 15 is 0 Å². The molecule has 1 unspecified atom stereocenters. The summed E-state index contributed by atoms with van der Waals surface area (Å²) in [5.74, 6) is -0.0683. The maximum absolute atomic E-state index is 12.7. The molecule has 1 saturated heterocycles. The lowest BCUT2D eigenvalue weighted by Gasteiger charge is -2.28. The molecule has 1 aliphatic rings. The van der Waals surface area contributed by atoms with Crippen molar-refractivity contribution in [2.75, 3.05) is 26.2 Å². The molecule has 0 bridgehead atoms. The fourth-order valence-electron chi connectivity index (χ4n) is 2.40. The summed E-state index contributed by atoms with van der Waals surface area (Å²) in [6.07, 6.45) is 0.954. The summed E-state index contributed by atoms with van der Waals surface area (Å²) >= 11 is 1.39. The molecule has 7 heteroatoms. The molecule has 1 atom stereocenters. The first-order chi connectivity index (χ1) is 10.1. The van der Waals surface area contributed by atoms with Gasteiger partial charge in [-0.05, 0) is 30.3 Å². The van der Waals surface area contributed by atoms with Crippen molar-refractivity contribution >= 4 is 35.6 Å². The van der Waals surface area contributed by atoms with Crippen LogP contribution in [0.25, 0.3) is 0 Å². The lowest BCUT2D eigenvalue weighted by Crippen LogP contribution is -2.51. The second kappa shape index (κ2) is 9.12.